The third-order valence-corrected chi connectivity index (χ3v) is 2.40. The molecule has 0 bridgehead atoms. The summed E-state index contributed by atoms with van der Waals surface area (Å²) < 4.78 is 0. The highest BCUT2D eigenvalue weighted by Crippen LogP contribution is 2.11. The molecule has 1 aromatic carbocycles. The van der Waals surface area contributed by atoms with Crippen LogP contribution in [0.15, 0.2) is 24.3 Å². The second-order valence-electron chi connectivity index (χ2n) is 3.82. The summed E-state index contributed by atoms with van der Waals surface area (Å²) in [5.74, 6) is -0.155. The van der Waals surface area contributed by atoms with Crippen LogP contribution >= 0.6 is 0 Å². The molecule has 1 amide bonds. The van der Waals surface area contributed by atoms with E-state index in [1.165, 1.54) is 0 Å². The Kier molecular flexibility index (Phi) is 4.95. The van der Waals surface area contributed by atoms with Crippen LogP contribution in [0, 0.1) is 6.92 Å². The first-order valence-corrected chi connectivity index (χ1v) is 5.45. The van der Waals surface area contributed by atoms with Gasteiger partial charge < -0.3 is 16.8 Å². The molecule has 4 heteroatoms. The molecular weight excluding hydrogens is 202 g/mol. The molecule has 0 radical (unpaired) electrons. The van der Waals surface area contributed by atoms with Crippen LogP contribution in [-0.2, 0) is 4.79 Å². The predicted octanol–water partition coefficient (Wildman–Crippen LogP) is 0.460. The van der Waals surface area contributed by atoms with E-state index in [9.17, 15) is 4.79 Å². The fraction of sp³-hybridized carbons (Fsp3) is 0.417. The molecule has 0 spiro atoms. The number of benzene rings is 1. The van der Waals surface area contributed by atoms with Gasteiger partial charge in [-0.05, 0) is 25.5 Å². The average molecular weight is 221 g/mol. The van der Waals surface area contributed by atoms with Crippen molar-refractivity contribution >= 4 is 5.91 Å². The zero-order chi connectivity index (χ0) is 12.0. The smallest absolute Gasteiger partial charge is 0.241 e. The lowest BCUT2D eigenvalue weighted by Crippen LogP contribution is -2.35. The van der Waals surface area contributed by atoms with Crippen molar-refractivity contribution in [2.24, 2.45) is 11.5 Å². The molecule has 1 unspecified atom stereocenters. The predicted molar refractivity (Wildman–Crippen MR) is 64.8 cm³/mol. The van der Waals surface area contributed by atoms with Gasteiger partial charge in [-0.2, -0.15) is 0 Å². The van der Waals surface area contributed by atoms with Crippen molar-refractivity contribution in [2.75, 3.05) is 13.1 Å². The van der Waals surface area contributed by atoms with Crippen LogP contribution in [0.2, 0.25) is 0 Å². The fourth-order valence-electron chi connectivity index (χ4n) is 1.35. The first kappa shape index (κ1) is 12.7. The summed E-state index contributed by atoms with van der Waals surface area (Å²) in [5, 5.41) is 2.75. The highest BCUT2D eigenvalue weighted by molar-refractivity contribution is 5.82. The summed E-state index contributed by atoms with van der Waals surface area (Å²) in [4.78, 5) is 11.6. The van der Waals surface area contributed by atoms with Gasteiger partial charge in [0.15, 0.2) is 0 Å². The van der Waals surface area contributed by atoms with E-state index < -0.39 is 6.04 Å². The van der Waals surface area contributed by atoms with Gasteiger partial charge in [0.2, 0.25) is 5.91 Å². The Hall–Kier alpha value is -1.39. The van der Waals surface area contributed by atoms with Crippen LogP contribution in [-0.4, -0.2) is 19.0 Å². The van der Waals surface area contributed by atoms with E-state index in [-0.39, 0.29) is 5.91 Å². The van der Waals surface area contributed by atoms with E-state index in [0.29, 0.717) is 13.1 Å². The Balaban J connectivity index is 2.53. The van der Waals surface area contributed by atoms with Gasteiger partial charge in [-0.1, -0.05) is 29.8 Å². The topological polar surface area (TPSA) is 81.1 Å². The Morgan fingerprint density at radius 1 is 1.38 bits per heavy atom. The van der Waals surface area contributed by atoms with E-state index in [2.05, 4.69) is 5.32 Å². The van der Waals surface area contributed by atoms with Gasteiger partial charge in [-0.3, -0.25) is 4.79 Å². The molecule has 0 aliphatic heterocycles. The molecule has 1 aromatic rings. The highest BCUT2D eigenvalue weighted by atomic mass is 16.2. The maximum absolute atomic E-state index is 11.6. The number of nitrogens with one attached hydrogen (secondary N) is 1. The quantitative estimate of drug-likeness (QED) is 0.632. The first-order chi connectivity index (χ1) is 7.65. The largest absolute Gasteiger partial charge is 0.354 e. The number of carbonyl (C=O) groups excluding carboxylic acids is 1. The number of hydrogen-bond acceptors (Lipinski definition) is 3. The van der Waals surface area contributed by atoms with Crippen molar-refractivity contribution in [3.63, 3.8) is 0 Å². The van der Waals surface area contributed by atoms with E-state index in [0.717, 1.165) is 17.5 Å². The molecule has 5 N–H and O–H groups in total. The van der Waals surface area contributed by atoms with Gasteiger partial charge in [0.05, 0.1) is 0 Å². The second kappa shape index (κ2) is 6.25. The van der Waals surface area contributed by atoms with Crippen molar-refractivity contribution < 1.29 is 4.79 Å². The minimum atomic E-state index is -0.599. The monoisotopic (exact) mass is 221 g/mol. The standard InChI is InChI=1S/C12H19N3O/c1-9-3-5-10(6-4-9)11(14)12(16)15-8-2-7-13/h3-6,11H,2,7-8,13-14H2,1H3,(H,15,16). The number of nitrogens with two attached hydrogens (primary N) is 2. The van der Waals surface area contributed by atoms with E-state index in [1.807, 2.05) is 31.2 Å². The number of amides is 1. The lowest BCUT2D eigenvalue weighted by molar-refractivity contribution is -0.122. The van der Waals surface area contributed by atoms with E-state index >= 15 is 0 Å². The number of rotatable bonds is 5. The third-order valence-electron chi connectivity index (χ3n) is 2.40. The molecular formula is C12H19N3O. The lowest BCUT2D eigenvalue weighted by atomic mass is 10.1. The molecule has 0 saturated heterocycles. The summed E-state index contributed by atoms with van der Waals surface area (Å²) in [6, 6.07) is 7.05. The van der Waals surface area contributed by atoms with Crippen molar-refractivity contribution in [1.29, 1.82) is 0 Å². The Bertz CT molecular complexity index is 335. The molecule has 4 nitrogen and oxygen atoms in total. The van der Waals surface area contributed by atoms with Crippen LogP contribution in [0.5, 0.6) is 0 Å². The summed E-state index contributed by atoms with van der Waals surface area (Å²) in [5.41, 5.74) is 13.1. The second-order valence-corrected chi connectivity index (χ2v) is 3.82. The van der Waals surface area contributed by atoms with Crippen LogP contribution in [0.4, 0.5) is 0 Å². The summed E-state index contributed by atoms with van der Waals surface area (Å²) in [6.07, 6.45) is 0.770. The van der Waals surface area contributed by atoms with Crippen LogP contribution in [0.1, 0.15) is 23.6 Å². The fourth-order valence-corrected chi connectivity index (χ4v) is 1.35. The Morgan fingerprint density at radius 2 is 2.00 bits per heavy atom. The number of aryl methyl sites for hydroxylation is 1. The Morgan fingerprint density at radius 3 is 2.56 bits per heavy atom. The Labute approximate surface area is 96.0 Å². The molecule has 88 valence electrons. The molecule has 0 aliphatic carbocycles. The minimum Gasteiger partial charge on any atom is -0.354 e. The molecule has 0 aliphatic rings. The molecule has 0 aromatic heterocycles. The van der Waals surface area contributed by atoms with Crippen molar-refractivity contribution in [1.82, 2.24) is 5.32 Å². The summed E-state index contributed by atoms with van der Waals surface area (Å²) >= 11 is 0. The molecule has 1 rings (SSSR count). The van der Waals surface area contributed by atoms with Gasteiger partial charge in [0.1, 0.15) is 6.04 Å². The van der Waals surface area contributed by atoms with Gasteiger partial charge in [-0.25, -0.2) is 0 Å². The summed E-state index contributed by atoms with van der Waals surface area (Å²) in [7, 11) is 0. The SMILES string of the molecule is Cc1ccc(C(N)C(=O)NCCCN)cc1. The molecule has 0 heterocycles. The van der Waals surface area contributed by atoms with Gasteiger partial charge in [-0.15, -0.1) is 0 Å². The highest BCUT2D eigenvalue weighted by Gasteiger charge is 2.14. The number of carbonyl (C=O) groups is 1. The van der Waals surface area contributed by atoms with Crippen LogP contribution < -0.4 is 16.8 Å². The summed E-state index contributed by atoms with van der Waals surface area (Å²) in [6.45, 7) is 3.14. The van der Waals surface area contributed by atoms with Crippen LogP contribution in [0.3, 0.4) is 0 Å². The van der Waals surface area contributed by atoms with Crippen LogP contribution in [0.25, 0.3) is 0 Å². The normalized spacial score (nSPS) is 12.2. The van der Waals surface area contributed by atoms with Gasteiger partial charge in [0, 0.05) is 6.54 Å². The maximum Gasteiger partial charge on any atom is 0.241 e. The van der Waals surface area contributed by atoms with E-state index in [4.69, 9.17) is 11.5 Å². The number of hydrogen-bond donors (Lipinski definition) is 3. The zero-order valence-corrected chi connectivity index (χ0v) is 9.57. The lowest BCUT2D eigenvalue weighted by Gasteiger charge is -2.12. The van der Waals surface area contributed by atoms with Crippen molar-refractivity contribution in [2.45, 2.75) is 19.4 Å². The third kappa shape index (κ3) is 3.64. The van der Waals surface area contributed by atoms with Gasteiger partial charge in [0.25, 0.3) is 0 Å². The molecule has 1 atom stereocenters. The minimum absolute atomic E-state index is 0.155. The van der Waals surface area contributed by atoms with Crippen molar-refractivity contribution in [3.05, 3.63) is 35.4 Å². The average Bonchev–Trinajstić information content (AvgIpc) is 2.29. The molecule has 16 heavy (non-hydrogen) atoms. The zero-order valence-electron chi connectivity index (χ0n) is 9.57. The molecule has 0 fully saturated rings. The van der Waals surface area contributed by atoms with E-state index in [1.54, 1.807) is 0 Å². The van der Waals surface area contributed by atoms with Crippen molar-refractivity contribution in [3.8, 4) is 0 Å². The van der Waals surface area contributed by atoms with Gasteiger partial charge >= 0.3 is 0 Å². The maximum atomic E-state index is 11.6. The first-order valence-electron chi connectivity index (χ1n) is 5.45. The molecule has 0 saturated carbocycles.